The highest BCUT2D eigenvalue weighted by molar-refractivity contribution is 5.92. The van der Waals surface area contributed by atoms with Crippen LogP contribution in [0.1, 0.15) is 12.0 Å². The van der Waals surface area contributed by atoms with Crippen LogP contribution in [0.2, 0.25) is 0 Å². The van der Waals surface area contributed by atoms with Crippen LogP contribution < -0.4 is 11.1 Å². The molecule has 1 heterocycles. The van der Waals surface area contributed by atoms with Crippen molar-refractivity contribution in [3.05, 3.63) is 35.9 Å². The predicted molar refractivity (Wildman–Crippen MR) is 74.1 cm³/mol. The van der Waals surface area contributed by atoms with E-state index in [1.54, 1.807) is 23.1 Å². The van der Waals surface area contributed by atoms with Crippen molar-refractivity contribution in [1.29, 1.82) is 0 Å². The van der Waals surface area contributed by atoms with Gasteiger partial charge in [-0.1, -0.05) is 12.1 Å². The van der Waals surface area contributed by atoms with Gasteiger partial charge in [-0.15, -0.1) is 0 Å². The highest BCUT2D eigenvalue weighted by Crippen LogP contribution is 2.07. The Balaban J connectivity index is 1.96. The number of carbonyl (C=O) groups is 2. The normalized spacial score (nSPS) is 16.2. The SMILES string of the molecule is Nc1ccc(/C=C/C(=O)N2CCNC(=O)CC2)cc1. The summed E-state index contributed by atoms with van der Waals surface area (Å²) in [6.45, 7) is 1.54. The molecule has 1 aromatic carbocycles. The fourth-order valence-electron chi connectivity index (χ4n) is 1.87. The van der Waals surface area contributed by atoms with E-state index in [-0.39, 0.29) is 11.8 Å². The van der Waals surface area contributed by atoms with Gasteiger partial charge in [0.15, 0.2) is 0 Å². The topological polar surface area (TPSA) is 75.4 Å². The summed E-state index contributed by atoms with van der Waals surface area (Å²) in [6, 6.07) is 7.29. The average Bonchev–Trinajstić information content (AvgIpc) is 2.63. The summed E-state index contributed by atoms with van der Waals surface area (Å²) in [5, 5.41) is 2.74. The standard InChI is InChI=1S/C14H17N3O2/c15-12-4-1-11(2-5-12)3-6-14(19)17-9-7-13(18)16-8-10-17/h1-6H,7-10,15H2,(H,16,18)/b6-3+. The number of nitrogens with zero attached hydrogens (tertiary/aromatic N) is 1. The summed E-state index contributed by atoms with van der Waals surface area (Å²) < 4.78 is 0. The number of rotatable bonds is 2. The molecular weight excluding hydrogens is 242 g/mol. The van der Waals surface area contributed by atoms with E-state index >= 15 is 0 Å². The van der Waals surface area contributed by atoms with Gasteiger partial charge in [-0.25, -0.2) is 0 Å². The van der Waals surface area contributed by atoms with Gasteiger partial charge in [0.1, 0.15) is 0 Å². The molecule has 1 aliphatic rings. The Hall–Kier alpha value is -2.30. The smallest absolute Gasteiger partial charge is 0.246 e. The van der Waals surface area contributed by atoms with Crippen LogP contribution in [-0.2, 0) is 9.59 Å². The van der Waals surface area contributed by atoms with E-state index in [0.29, 0.717) is 31.7 Å². The maximum Gasteiger partial charge on any atom is 0.246 e. The molecular formula is C14H17N3O2. The summed E-state index contributed by atoms with van der Waals surface area (Å²) in [4.78, 5) is 24.8. The Morgan fingerprint density at radius 3 is 2.74 bits per heavy atom. The molecule has 19 heavy (non-hydrogen) atoms. The van der Waals surface area contributed by atoms with Gasteiger partial charge < -0.3 is 16.0 Å². The molecule has 5 nitrogen and oxygen atoms in total. The predicted octanol–water partition coefficient (Wildman–Crippen LogP) is 0.630. The van der Waals surface area contributed by atoms with Crippen LogP contribution in [0, 0.1) is 0 Å². The Labute approximate surface area is 112 Å². The average molecular weight is 259 g/mol. The molecule has 1 aromatic rings. The quantitative estimate of drug-likeness (QED) is 0.604. The molecule has 0 unspecified atom stereocenters. The van der Waals surface area contributed by atoms with Crippen LogP contribution in [-0.4, -0.2) is 36.3 Å². The molecule has 100 valence electrons. The molecule has 0 saturated carbocycles. The molecule has 2 amide bonds. The van der Waals surface area contributed by atoms with E-state index in [4.69, 9.17) is 5.73 Å². The maximum atomic E-state index is 12.0. The number of benzene rings is 1. The van der Waals surface area contributed by atoms with Gasteiger partial charge in [-0.3, -0.25) is 9.59 Å². The van der Waals surface area contributed by atoms with Gasteiger partial charge in [0.25, 0.3) is 0 Å². The van der Waals surface area contributed by atoms with Crippen molar-refractivity contribution < 1.29 is 9.59 Å². The molecule has 0 atom stereocenters. The third-order valence-corrected chi connectivity index (χ3v) is 2.98. The second-order valence-electron chi connectivity index (χ2n) is 4.43. The van der Waals surface area contributed by atoms with Gasteiger partial charge >= 0.3 is 0 Å². The minimum absolute atomic E-state index is 0.00202. The van der Waals surface area contributed by atoms with E-state index in [9.17, 15) is 9.59 Å². The van der Waals surface area contributed by atoms with E-state index < -0.39 is 0 Å². The molecule has 0 aromatic heterocycles. The molecule has 0 bridgehead atoms. The highest BCUT2D eigenvalue weighted by Gasteiger charge is 2.16. The van der Waals surface area contributed by atoms with E-state index in [2.05, 4.69) is 5.32 Å². The first-order valence-corrected chi connectivity index (χ1v) is 6.24. The van der Waals surface area contributed by atoms with E-state index in [1.165, 1.54) is 6.08 Å². The third-order valence-electron chi connectivity index (χ3n) is 2.98. The monoisotopic (exact) mass is 259 g/mol. The molecule has 5 heteroatoms. The fourth-order valence-corrected chi connectivity index (χ4v) is 1.87. The number of hydrogen-bond donors (Lipinski definition) is 2. The lowest BCUT2D eigenvalue weighted by atomic mass is 10.2. The van der Waals surface area contributed by atoms with E-state index in [0.717, 1.165) is 5.56 Å². The zero-order valence-electron chi connectivity index (χ0n) is 10.6. The molecule has 2 rings (SSSR count). The second kappa shape index (κ2) is 6.04. The van der Waals surface area contributed by atoms with Gasteiger partial charge in [0.2, 0.25) is 11.8 Å². The first kappa shape index (κ1) is 13.1. The largest absolute Gasteiger partial charge is 0.399 e. The van der Waals surface area contributed by atoms with Gasteiger partial charge in [0.05, 0.1) is 0 Å². The minimum Gasteiger partial charge on any atom is -0.399 e. The highest BCUT2D eigenvalue weighted by atomic mass is 16.2. The summed E-state index contributed by atoms with van der Waals surface area (Å²) in [7, 11) is 0. The summed E-state index contributed by atoms with van der Waals surface area (Å²) in [5.41, 5.74) is 7.21. The molecule has 1 saturated heterocycles. The van der Waals surface area contributed by atoms with Crippen LogP contribution in [0.25, 0.3) is 6.08 Å². The van der Waals surface area contributed by atoms with Crippen molar-refractivity contribution >= 4 is 23.6 Å². The molecule has 0 spiro atoms. The number of anilines is 1. The Kier molecular flexibility index (Phi) is 4.18. The molecule has 1 aliphatic heterocycles. The minimum atomic E-state index is -0.0756. The van der Waals surface area contributed by atoms with Crippen LogP contribution in [0.4, 0.5) is 5.69 Å². The summed E-state index contributed by atoms with van der Waals surface area (Å²) in [6.07, 6.45) is 3.64. The Morgan fingerprint density at radius 2 is 2.00 bits per heavy atom. The Bertz CT molecular complexity index is 494. The van der Waals surface area contributed by atoms with Crippen LogP contribution in [0.3, 0.4) is 0 Å². The molecule has 0 radical (unpaired) electrons. The lowest BCUT2D eigenvalue weighted by molar-refractivity contribution is -0.125. The number of carbonyl (C=O) groups excluding carboxylic acids is 2. The van der Waals surface area contributed by atoms with Gasteiger partial charge in [0, 0.05) is 37.8 Å². The van der Waals surface area contributed by atoms with Crippen LogP contribution >= 0.6 is 0 Å². The second-order valence-corrected chi connectivity index (χ2v) is 4.43. The number of nitrogen functional groups attached to an aromatic ring is 1. The molecule has 1 fully saturated rings. The molecule has 3 N–H and O–H groups in total. The lowest BCUT2D eigenvalue weighted by Gasteiger charge is -2.17. The first-order valence-electron chi connectivity index (χ1n) is 6.24. The zero-order valence-corrected chi connectivity index (χ0v) is 10.6. The van der Waals surface area contributed by atoms with Crippen molar-refractivity contribution in [3.63, 3.8) is 0 Å². The number of amides is 2. The summed E-state index contributed by atoms with van der Waals surface area (Å²) in [5.74, 6) is -0.0776. The first-order chi connectivity index (χ1) is 9.15. The van der Waals surface area contributed by atoms with Crippen molar-refractivity contribution in [3.8, 4) is 0 Å². The lowest BCUT2D eigenvalue weighted by Crippen LogP contribution is -2.32. The zero-order chi connectivity index (χ0) is 13.7. The van der Waals surface area contributed by atoms with Gasteiger partial charge in [-0.05, 0) is 23.8 Å². The molecule has 0 aliphatic carbocycles. The summed E-state index contributed by atoms with van der Waals surface area (Å²) >= 11 is 0. The van der Waals surface area contributed by atoms with Gasteiger partial charge in [-0.2, -0.15) is 0 Å². The third kappa shape index (κ3) is 3.84. The number of nitrogens with one attached hydrogen (secondary N) is 1. The van der Waals surface area contributed by atoms with Crippen LogP contribution in [0.5, 0.6) is 0 Å². The fraction of sp³-hybridized carbons (Fsp3) is 0.286. The van der Waals surface area contributed by atoms with Crippen LogP contribution in [0.15, 0.2) is 30.3 Å². The van der Waals surface area contributed by atoms with Crippen molar-refractivity contribution in [1.82, 2.24) is 10.2 Å². The maximum absolute atomic E-state index is 12.0. The number of nitrogens with two attached hydrogens (primary N) is 1. The van der Waals surface area contributed by atoms with Crippen molar-refractivity contribution in [2.75, 3.05) is 25.4 Å². The van der Waals surface area contributed by atoms with Crippen molar-refractivity contribution in [2.45, 2.75) is 6.42 Å². The number of hydrogen-bond acceptors (Lipinski definition) is 3. The van der Waals surface area contributed by atoms with Crippen molar-refractivity contribution in [2.24, 2.45) is 0 Å². The van der Waals surface area contributed by atoms with E-state index in [1.807, 2.05) is 12.1 Å². The Morgan fingerprint density at radius 1 is 1.26 bits per heavy atom.